The maximum absolute atomic E-state index is 13.4. The molecule has 0 aliphatic carbocycles. The van der Waals surface area contributed by atoms with Gasteiger partial charge in [0.25, 0.3) is 5.89 Å². The molecule has 0 saturated heterocycles. The lowest BCUT2D eigenvalue weighted by molar-refractivity contribution is -0.120. The van der Waals surface area contributed by atoms with Crippen molar-refractivity contribution in [2.75, 3.05) is 23.3 Å². The largest absolute Gasteiger partial charge is 0.459 e. The quantitative estimate of drug-likeness (QED) is 0.622. The van der Waals surface area contributed by atoms with Gasteiger partial charge in [0.2, 0.25) is 17.7 Å². The van der Waals surface area contributed by atoms with Gasteiger partial charge in [-0.15, -0.1) is 10.2 Å². The molecule has 1 unspecified atom stereocenters. The van der Waals surface area contributed by atoms with Crippen molar-refractivity contribution in [3.05, 3.63) is 48.6 Å². The minimum absolute atomic E-state index is 0.0873. The van der Waals surface area contributed by atoms with Crippen molar-refractivity contribution in [1.82, 2.24) is 15.1 Å². The van der Waals surface area contributed by atoms with Crippen LogP contribution in [0.2, 0.25) is 0 Å². The van der Waals surface area contributed by atoms with E-state index in [0.29, 0.717) is 42.0 Å². The van der Waals surface area contributed by atoms with E-state index in [4.69, 9.17) is 8.83 Å². The predicted octanol–water partition coefficient (Wildman–Crippen LogP) is 3.31. The van der Waals surface area contributed by atoms with Crippen LogP contribution in [0.5, 0.6) is 0 Å². The Labute approximate surface area is 180 Å². The molecule has 3 heterocycles. The number of hydrogen-bond acceptors (Lipinski definition) is 7. The summed E-state index contributed by atoms with van der Waals surface area (Å²) in [6.45, 7) is 5.13. The zero-order chi connectivity index (χ0) is 21.8. The summed E-state index contributed by atoms with van der Waals surface area (Å²) in [5.74, 6) is 1.04. The molecule has 31 heavy (non-hydrogen) atoms. The van der Waals surface area contributed by atoms with Crippen molar-refractivity contribution in [1.29, 1.82) is 0 Å². The summed E-state index contributed by atoms with van der Waals surface area (Å²) in [5.41, 5.74) is 1.35. The van der Waals surface area contributed by atoms with Gasteiger partial charge in [0.1, 0.15) is 0 Å². The van der Waals surface area contributed by atoms with Gasteiger partial charge in [-0.3, -0.25) is 14.5 Å². The fourth-order valence-corrected chi connectivity index (χ4v) is 3.77. The second-order valence-corrected chi connectivity index (χ2v) is 7.57. The Balaban J connectivity index is 1.51. The molecular weight excluding hydrogens is 398 g/mol. The first-order valence-electron chi connectivity index (χ1n) is 10.3. The number of furan rings is 1. The topological polar surface area (TPSA) is 105 Å². The molecule has 0 bridgehead atoms. The van der Waals surface area contributed by atoms with Crippen molar-refractivity contribution in [2.45, 2.75) is 39.3 Å². The average Bonchev–Trinajstić information content (AvgIpc) is 3.39. The summed E-state index contributed by atoms with van der Waals surface area (Å²) in [6, 6.07) is 10.6. The van der Waals surface area contributed by atoms with Crippen LogP contribution in [-0.2, 0) is 16.1 Å². The molecule has 1 atom stereocenters. The van der Waals surface area contributed by atoms with Crippen LogP contribution >= 0.6 is 0 Å². The second kappa shape index (κ2) is 9.13. The first kappa shape index (κ1) is 20.8. The van der Waals surface area contributed by atoms with Crippen LogP contribution in [0.25, 0.3) is 11.7 Å². The Morgan fingerprint density at radius 2 is 2.10 bits per heavy atom. The average molecular weight is 423 g/mol. The van der Waals surface area contributed by atoms with Crippen molar-refractivity contribution >= 4 is 23.2 Å². The van der Waals surface area contributed by atoms with Gasteiger partial charge in [-0.25, -0.2) is 0 Å². The summed E-state index contributed by atoms with van der Waals surface area (Å²) in [4.78, 5) is 29.2. The molecule has 1 aliphatic heterocycles. The second-order valence-electron chi connectivity index (χ2n) is 7.57. The summed E-state index contributed by atoms with van der Waals surface area (Å²) in [7, 11) is 0. The number of carbonyl (C=O) groups is 2. The van der Waals surface area contributed by atoms with Gasteiger partial charge >= 0.3 is 0 Å². The normalized spacial score (nSPS) is 16.2. The van der Waals surface area contributed by atoms with E-state index in [2.05, 4.69) is 15.5 Å². The summed E-state index contributed by atoms with van der Waals surface area (Å²) in [5, 5.41) is 11.0. The number of hydrogen-bond donors (Lipinski definition) is 1. The van der Waals surface area contributed by atoms with E-state index in [9.17, 15) is 9.59 Å². The maximum Gasteiger partial charge on any atom is 0.283 e. The number of benzene rings is 1. The molecule has 162 valence electrons. The van der Waals surface area contributed by atoms with E-state index in [1.54, 1.807) is 23.3 Å². The number of rotatable bonds is 7. The molecular formula is C22H25N5O4. The zero-order valence-electron chi connectivity index (χ0n) is 17.6. The van der Waals surface area contributed by atoms with Crippen LogP contribution in [-0.4, -0.2) is 46.0 Å². The molecule has 0 fully saturated rings. The lowest BCUT2D eigenvalue weighted by atomic mass is 10.1. The Morgan fingerprint density at radius 3 is 2.87 bits per heavy atom. The van der Waals surface area contributed by atoms with Gasteiger partial charge in [-0.05, 0) is 44.2 Å². The van der Waals surface area contributed by atoms with Gasteiger partial charge in [0.15, 0.2) is 5.76 Å². The summed E-state index contributed by atoms with van der Waals surface area (Å²) in [6.07, 6.45) is 2.64. The monoisotopic (exact) mass is 423 g/mol. The lowest BCUT2D eigenvalue weighted by Crippen LogP contribution is -2.45. The number of para-hydroxylation sites is 2. The summed E-state index contributed by atoms with van der Waals surface area (Å²) < 4.78 is 11.0. The Hall–Kier alpha value is -3.46. The highest BCUT2D eigenvalue weighted by Crippen LogP contribution is 2.31. The molecule has 2 amide bonds. The van der Waals surface area contributed by atoms with E-state index in [-0.39, 0.29) is 30.8 Å². The SMILES string of the molecule is CCCN(CC(=O)N1c2ccccc2NC(=O)CC1C)Cc1nnc(-c2ccco2)o1. The number of anilines is 2. The van der Waals surface area contributed by atoms with Crippen molar-refractivity contribution in [2.24, 2.45) is 0 Å². The molecule has 9 nitrogen and oxygen atoms in total. The molecule has 9 heteroatoms. The fourth-order valence-electron chi connectivity index (χ4n) is 3.77. The van der Waals surface area contributed by atoms with Gasteiger partial charge < -0.3 is 19.1 Å². The molecule has 0 spiro atoms. The van der Waals surface area contributed by atoms with Crippen LogP contribution in [0, 0.1) is 0 Å². The van der Waals surface area contributed by atoms with Gasteiger partial charge in [0.05, 0.1) is 30.7 Å². The van der Waals surface area contributed by atoms with Crippen LogP contribution in [0.4, 0.5) is 11.4 Å². The number of aromatic nitrogens is 2. The van der Waals surface area contributed by atoms with E-state index >= 15 is 0 Å². The van der Waals surface area contributed by atoms with Crippen LogP contribution in [0.15, 0.2) is 51.5 Å². The molecule has 1 aromatic carbocycles. The minimum atomic E-state index is -0.256. The standard InChI is InChI=1S/C22H25N5O4/c1-3-10-26(13-20-24-25-22(31-20)18-9-6-11-30-18)14-21(29)27-15(2)12-19(28)23-16-7-4-5-8-17(16)27/h4-9,11,15H,3,10,12-14H2,1-2H3,(H,23,28). The van der Waals surface area contributed by atoms with Crippen molar-refractivity contribution in [3.63, 3.8) is 0 Å². The minimum Gasteiger partial charge on any atom is -0.459 e. The van der Waals surface area contributed by atoms with Crippen molar-refractivity contribution in [3.8, 4) is 11.7 Å². The Bertz CT molecular complexity index is 1050. The zero-order valence-corrected chi connectivity index (χ0v) is 17.6. The fraction of sp³-hybridized carbons (Fsp3) is 0.364. The predicted molar refractivity (Wildman–Crippen MR) is 114 cm³/mol. The van der Waals surface area contributed by atoms with Crippen LogP contribution in [0.3, 0.4) is 0 Å². The molecule has 4 rings (SSSR count). The van der Waals surface area contributed by atoms with Crippen LogP contribution in [0.1, 0.15) is 32.6 Å². The molecule has 1 aliphatic rings. The Kier molecular flexibility index (Phi) is 6.13. The van der Waals surface area contributed by atoms with Crippen molar-refractivity contribution < 1.29 is 18.4 Å². The van der Waals surface area contributed by atoms with E-state index in [1.807, 2.05) is 43.0 Å². The number of fused-ring (bicyclic) bond motifs is 1. The van der Waals surface area contributed by atoms with Crippen LogP contribution < -0.4 is 10.2 Å². The molecule has 0 saturated carbocycles. The highest BCUT2D eigenvalue weighted by molar-refractivity contribution is 6.04. The van der Waals surface area contributed by atoms with E-state index < -0.39 is 0 Å². The van der Waals surface area contributed by atoms with Gasteiger partial charge in [0, 0.05) is 12.5 Å². The lowest BCUT2D eigenvalue weighted by Gasteiger charge is -2.30. The molecule has 3 aromatic rings. The third-order valence-corrected chi connectivity index (χ3v) is 5.08. The smallest absolute Gasteiger partial charge is 0.283 e. The highest BCUT2D eigenvalue weighted by atomic mass is 16.4. The molecule has 0 radical (unpaired) electrons. The maximum atomic E-state index is 13.4. The highest BCUT2D eigenvalue weighted by Gasteiger charge is 2.30. The summed E-state index contributed by atoms with van der Waals surface area (Å²) >= 11 is 0. The number of nitrogens with one attached hydrogen (secondary N) is 1. The molecule has 1 N–H and O–H groups in total. The van der Waals surface area contributed by atoms with E-state index in [1.165, 1.54) is 0 Å². The number of nitrogens with zero attached hydrogens (tertiary/aromatic N) is 4. The third kappa shape index (κ3) is 4.66. The molecule has 2 aromatic heterocycles. The first-order chi connectivity index (χ1) is 15.0. The first-order valence-corrected chi connectivity index (χ1v) is 10.3. The number of amides is 2. The Morgan fingerprint density at radius 1 is 1.26 bits per heavy atom. The van der Waals surface area contributed by atoms with Gasteiger partial charge in [-0.1, -0.05) is 19.1 Å². The van der Waals surface area contributed by atoms with E-state index in [0.717, 1.165) is 6.42 Å². The number of carbonyl (C=O) groups excluding carboxylic acids is 2. The third-order valence-electron chi connectivity index (χ3n) is 5.08. The van der Waals surface area contributed by atoms with Gasteiger partial charge in [-0.2, -0.15) is 0 Å².